The summed E-state index contributed by atoms with van der Waals surface area (Å²) in [5.41, 5.74) is 11.5. The molecule has 2 aromatic rings. The van der Waals surface area contributed by atoms with Gasteiger partial charge in [-0.05, 0) is 13.0 Å². The fourth-order valence-electron chi connectivity index (χ4n) is 1.45. The van der Waals surface area contributed by atoms with Crippen molar-refractivity contribution in [2.75, 3.05) is 5.73 Å². The highest BCUT2D eigenvalue weighted by atomic mass is 16.1. The first-order chi connectivity index (χ1) is 7.59. The lowest BCUT2D eigenvalue weighted by Gasteiger charge is -2.08. The first-order valence-corrected chi connectivity index (χ1v) is 4.65. The van der Waals surface area contributed by atoms with Crippen molar-refractivity contribution in [2.45, 2.75) is 6.92 Å². The number of anilines is 1. The molecule has 0 spiro atoms. The monoisotopic (exact) mass is 217 g/mol. The van der Waals surface area contributed by atoms with Crippen molar-refractivity contribution in [3.63, 3.8) is 0 Å². The number of rotatable bonds is 2. The summed E-state index contributed by atoms with van der Waals surface area (Å²) in [5.74, 6) is 0.597. The van der Waals surface area contributed by atoms with E-state index in [9.17, 15) is 4.79 Å². The number of nitrogens with two attached hydrogens (primary N) is 2. The molecule has 0 aliphatic heterocycles. The van der Waals surface area contributed by atoms with Crippen molar-refractivity contribution in [1.29, 1.82) is 0 Å². The number of carbonyl (C=O) groups excluding carboxylic acids is 1. The Hall–Kier alpha value is -2.37. The molecule has 0 radical (unpaired) electrons. The number of pyridine rings is 1. The number of aromatic nitrogens is 3. The fraction of sp³-hybridized carbons (Fsp3) is 0.100. The zero-order valence-corrected chi connectivity index (χ0v) is 8.71. The van der Waals surface area contributed by atoms with E-state index in [-0.39, 0.29) is 5.56 Å². The van der Waals surface area contributed by atoms with Crippen LogP contribution in [0.3, 0.4) is 0 Å². The fourth-order valence-corrected chi connectivity index (χ4v) is 1.45. The van der Waals surface area contributed by atoms with Gasteiger partial charge in [-0.3, -0.25) is 9.36 Å². The van der Waals surface area contributed by atoms with Crippen LogP contribution in [0.4, 0.5) is 5.69 Å². The van der Waals surface area contributed by atoms with E-state index in [4.69, 9.17) is 11.5 Å². The third kappa shape index (κ3) is 1.60. The van der Waals surface area contributed by atoms with E-state index in [2.05, 4.69) is 9.97 Å². The standard InChI is InChI=1S/C10H11N5O/c1-6-13-2-3-15(6)10-8(9(12)16)4-7(11)5-14-10/h2-5H,11H2,1H3,(H2,12,16). The lowest BCUT2D eigenvalue weighted by molar-refractivity contribution is 0.1000. The molecule has 82 valence electrons. The van der Waals surface area contributed by atoms with Crippen molar-refractivity contribution in [3.8, 4) is 5.82 Å². The number of nitrogens with zero attached hydrogens (tertiary/aromatic N) is 3. The van der Waals surface area contributed by atoms with E-state index >= 15 is 0 Å². The van der Waals surface area contributed by atoms with E-state index in [0.29, 0.717) is 11.5 Å². The van der Waals surface area contributed by atoms with Gasteiger partial charge in [0.25, 0.3) is 5.91 Å². The molecule has 2 aromatic heterocycles. The normalized spacial score (nSPS) is 10.3. The SMILES string of the molecule is Cc1nccn1-c1ncc(N)cc1C(N)=O. The maximum Gasteiger partial charge on any atom is 0.252 e. The molecule has 16 heavy (non-hydrogen) atoms. The predicted octanol–water partition coefficient (Wildman–Crippen LogP) is 0.257. The average Bonchev–Trinajstić information content (AvgIpc) is 2.64. The van der Waals surface area contributed by atoms with Crippen LogP contribution in [0.2, 0.25) is 0 Å². The summed E-state index contributed by atoms with van der Waals surface area (Å²) in [7, 11) is 0. The Labute approximate surface area is 91.9 Å². The molecule has 0 aliphatic rings. The van der Waals surface area contributed by atoms with Gasteiger partial charge < -0.3 is 11.5 Å². The Bertz CT molecular complexity index is 546. The average molecular weight is 217 g/mol. The largest absolute Gasteiger partial charge is 0.397 e. The second-order valence-corrected chi connectivity index (χ2v) is 3.35. The van der Waals surface area contributed by atoms with Crippen LogP contribution in [0, 0.1) is 6.92 Å². The number of primary amides is 1. The third-order valence-electron chi connectivity index (χ3n) is 2.21. The van der Waals surface area contributed by atoms with Crippen LogP contribution in [-0.4, -0.2) is 20.4 Å². The van der Waals surface area contributed by atoms with Crippen molar-refractivity contribution in [2.24, 2.45) is 5.73 Å². The topological polar surface area (TPSA) is 99.8 Å². The zero-order chi connectivity index (χ0) is 11.7. The molecule has 0 saturated carbocycles. The summed E-state index contributed by atoms with van der Waals surface area (Å²) >= 11 is 0. The minimum absolute atomic E-state index is 0.279. The molecule has 0 saturated heterocycles. The second kappa shape index (κ2) is 3.65. The summed E-state index contributed by atoms with van der Waals surface area (Å²) < 4.78 is 1.68. The Morgan fingerprint density at radius 1 is 1.44 bits per heavy atom. The van der Waals surface area contributed by atoms with Crippen LogP contribution in [-0.2, 0) is 0 Å². The number of hydrogen-bond donors (Lipinski definition) is 2. The van der Waals surface area contributed by atoms with Gasteiger partial charge in [-0.2, -0.15) is 0 Å². The molecule has 0 fully saturated rings. The highest BCUT2D eigenvalue weighted by Gasteiger charge is 2.13. The predicted molar refractivity (Wildman–Crippen MR) is 59.0 cm³/mol. The van der Waals surface area contributed by atoms with E-state index in [1.807, 2.05) is 6.92 Å². The summed E-state index contributed by atoms with van der Waals surface area (Å²) in [5, 5.41) is 0. The molecule has 6 heteroatoms. The van der Waals surface area contributed by atoms with Crippen molar-refractivity contribution < 1.29 is 4.79 Å². The van der Waals surface area contributed by atoms with E-state index < -0.39 is 5.91 Å². The lowest BCUT2D eigenvalue weighted by atomic mass is 10.2. The summed E-state index contributed by atoms with van der Waals surface area (Å²) in [6.07, 6.45) is 4.81. The Morgan fingerprint density at radius 2 is 2.19 bits per heavy atom. The highest BCUT2D eigenvalue weighted by molar-refractivity contribution is 5.96. The molecule has 2 heterocycles. The van der Waals surface area contributed by atoms with Crippen molar-refractivity contribution in [1.82, 2.24) is 14.5 Å². The van der Waals surface area contributed by atoms with Gasteiger partial charge in [-0.1, -0.05) is 0 Å². The molecule has 2 rings (SSSR count). The number of amides is 1. The summed E-state index contributed by atoms with van der Waals surface area (Å²) in [4.78, 5) is 19.4. The molecule has 0 aromatic carbocycles. The van der Waals surface area contributed by atoms with Crippen LogP contribution in [0.5, 0.6) is 0 Å². The molecule has 1 amide bonds. The minimum Gasteiger partial charge on any atom is -0.397 e. The van der Waals surface area contributed by atoms with Crippen molar-refractivity contribution in [3.05, 3.63) is 36.0 Å². The number of hydrogen-bond acceptors (Lipinski definition) is 4. The number of imidazole rings is 1. The number of nitrogen functional groups attached to an aromatic ring is 1. The second-order valence-electron chi connectivity index (χ2n) is 3.35. The Balaban J connectivity index is 2.65. The van der Waals surface area contributed by atoms with E-state index in [1.54, 1.807) is 17.0 Å². The Morgan fingerprint density at radius 3 is 2.75 bits per heavy atom. The third-order valence-corrected chi connectivity index (χ3v) is 2.21. The Kier molecular flexibility index (Phi) is 2.32. The molecule has 0 aliphatic carbocycles. The smallest absolute Gasteiger partial charge is 0.252 e. The summed E-state index contributed by atoms with van der Waals surface area (Å²) in [6.45, 7) is 1.81. The first kappa shape index (κ1) is 10.2. The number of aryl methyl sites for hydroxylation is 1. The molecule has 0 unspecified atom stereocenters. The van der Waals surface area contributed by atoms with Gasteiger partial charge in [0, 0.05) is 12.4 Å². The van der Waals surface area contributed by atoms with Gasteiger partial charge in [-0.25, -0.2) is 9.97 Å². The van der Waals surface area contributed by atoms with Crippen LogP contribution < -0.4 is 11.5 Å². The van der Waals surface area contributed by atoms with E-state index in [0.717, 1.165) is 5.82 Å². The van der Waals surface area contributed by atoms with Gasteiger partial charge in [0.2, 0.25) is 0 Å². The van der Waals surface area contributed by atoms with Gasteiger partial charge in [0.1, 0.15) is 5.82 Å². The number of carbonyl (C=O) groups is 1. The molecular weight excluding hydrogens is 206 g/mol. The molecule has 0 bridgehead atoms. The summed E-state index contributed by atoms with van der Waals surface area (Å²) in [6, 6.07) is 1.50. The quantitative estimate of drug-likeness (QED) is 0.753. The zero-order valence-electron chi connectivity index (χ0n) is 8.71. The van der Waals surface area contributed by atoms with Gasteiger partial charge >= 0.3 is 0 Å². The molecular formula is C10H11N5O. The maximum absolute atomic E-state index is 11.3. The minimum atomic E-state index is -0.567. The lowest BCUT2D eigenvalue weighted by Crippen LogP contribution is -2.16. The van der Waals surface area contributed by atoms with Gasteiger partial charge in [-0.15, -0.1) is 0 Å². The van der Waals surface area contributed by atoms with Gasteiger partial charge in [0.15, 0.2) is 5.82 Å². The molecule has 0 atom stereocenters. The maximum atomic E-state index is 11.3. The van der Waals surface area contributed by atoms with Crippen LogP contribution in [0.25, 0.3) is 5.82 Å². The highest BCUT2D eigenvalue weighted by Crippen LogP contribution is 2.15. The molecule has 4 N–H and O–H groups in total. The van der Waals surface area contributed by atoms with E-state index in [1.165, 1.54) is 12.3 Å². The molecule has 6 nitrogen and oxygen atoms in total. The van der Waals surface area contributed by atoms with Crippen LogP contribution in [0.1, 0.15) is 16.2 Å². The van der Waals surface area contributed by atoms with Crippen LogP contribution in [0.15, 0.2) is 24.7 Å². The van der Waals surface area contributed by atoms with Crippen molar-refractivity contribution >= 4 is 11.6 Å². The van der Waals surface area contributed by atoms with Gasteiger partial charge in [0.05, 0.1) is 17.4 Å². The van der Waals surface area contributed by atoms with Crippen LogP contribution >= 0.6 is 0 Å². The first-order valence-electron chi connectivity index (χ1n) is 4.65.